The Balaban J connectivity index is 2.28. The normalized spacial score (nSPS) is 19.3. The zero-order valence-electron chi connectivity index (χ0n) is 10.7. The number of carbonyl (C=O) groups is 1. The van der Waals surface area contributed by atoms with Crippen molar-refractivity contribution >= 4 is 22.0 Å². The van der Waals surface area contributed by atoms with Gasteiger partial charge in [-0.2, -0.15) is 0 Å². The van der Waals surface area contributed by atoms with Crippen LogP contribution in [-0.2, 0) is 0 Å². The molecule has 0 bridgehead atoms. The molecule has 1 heterocycles. The van der Waals surface area contributed by atoms with Crippen LogP contribution in [0.2, 0.25) is 0 Å². The Labute approximate surface area is 115 Å². The highest BCUT2D eigenvalue weighted by Crippen LogP contribution is 2.31. The van der Waals surface area contributed by atoms with Crippen molar-refractivity contribution in [2.24, 2.45) is 0 Å². The van der Waals surface area contributed by atoms with E-state index in [9.17, 15) is 4.79 Å². The quantitative estimate of drug-likeness (QED) is 0.932. The van der Waals surface area contributed by atoms with Gasteiger partial charge in [-0.1, -0.05) is 15.9 Å². The molecule has 1 N–H and O–H groups in total. The fraction of sp³-hybridized carbons (Fsp3) is 0.462. The average molecular weight is 313 g/mol. The molecule has 1 atom stereocenters. The monoisotopic (exact) mass is 312 g/mol. The maximum absolute atomic E-state index is 11.8. The van der Waals surface area contributed by atoms with E-state index in [-0.39, 0.29) is 18.1 Å². The molecule has 0 aliphatic carbocycles. The van der Waals surface area contributed by atoms with Crippen LogP contribution in [-0.4, -0.2) is 30.6 Å². The van der Waals surface area contributed by atoms with E-state index >= 15 is 0 Å². The van der Waals surface area contributed by atoms with E-state index in [1.165, 1.54) is 0 Å². The minimum atomic E-state index is -0.0210. The van der Waals surface area contributed by atoms with Gasteiger partial charge in [0.2, 0.25) is 0 Å². The minimum Gasteiger partial charge on any atom is -0.496 e. The topological polar surface area (TPSA) is 41.6 Å². The third-order valence-corrected chi connectivity index (χ3v) is 3.62. The molecule has 4 nitrogen and oxygen atoms in total. The third kappa shape index (κ3) is 2.46. The largest absolute Gasteiger partial charge is 0.496 e. The Morgan fingerprint density at radius 1 is 1.50 bits per heavy atom. The number of halogens is 1. The number of nitrogens with zero attached hydrogens (tertiary/aromatic N) is 1. The maximum Gasteiger partial charge on any atom is 0.318 e. The smallest absolute Gasteiger partial charge is 0.318 e. The van der Waals surface area contributed by atoms with Crippen molar-refractivity contribution in [2.45, 2.75) is 25.9 Å². The first-order chi connectivity index (χ1) is 8.52. The summed E-state index contributed by atoms with van der Waals surface area (Å²) in [6.07, 6.45) is 0. The molecule has 0 radical (unpaired) electrons. The van der Waals surface area contributed by atoms with Crippen molar-refractivity contribution in [3.63, 3.8) is 0 Å². The van der Waals surface area contributed by atoms with Gasteiger partial charge in [0.25, 0.3) is 0 Å². The first-order valence-corrected chi connectivity index (χ1v) is 6.72. The van der Waals surface area contributed by atoms with E-state index in [0.29, 0.717) is 6.54 Å². The number of rotatable bonds is 3. The van der Waals surface area contributed by atoms with Crippen LogP contribution >= 0.6 is 15.9 Å². The summed E-state index contributed by atoms with van der Waals surface area (Å²) in [6.45, 7) is 4.70. The molecule has 1 unspecified atom stereocenters. The summed E-state index contributed by atoms with van der Waals surface area (Å²) in [5, 5.41) is 2.99. The number of amides is 2. The molecule has 2 amide bonds. The van der Waals surface area contributed by atoms with Gasteiger partial charge in [0.15, 0.2) is 0 Å². The molecule has 5 heteroatoms. The van der Waals surface area contributed by atoms with Gasteiger partial charge in [0.1, 0.15) is 5.75 Å². The van der Waals surface area contributed by atoms with Crippen molar-refractivity contribution in [1.82, 2.24) is 10.2 Å². The number of hydrogen-bond acceptors (Lipinski definition) is 2. The summed E-state index contributed by atoms with van der Waals surface area (Å²) in [6, 6.07) is 5.99. The van der Waals surface area contributed by atoms with Crippen LogP contribution in [0, 0.1) is 0 Å². The van der Waals surface area contributed by atoms with Crippen molar-refractivity contribution < 1.29 is 9.53 Å². The Bertz CT molecular complexity index is 462. The molecule has 2 rings (SSSR count). The van der Waals surface area contributed by atoms with Crippen molar-refractivity contribution in [3.05, 3.63) is 28.2 Å². The van der Waals surface area contributed by atoms with Crippen molar-refractivity contribution in [2.75, 3.05) is 13.7 Å². The Hall–Kier alpha value is -1.23. The molecule has 1 aromatic rings. The molecule has 1 aliphatic heterocycles. The van der Waals surface area contributed by atoms with Gasteiger partial charge in [-0.3, -0.25) is 0 Å². The number of nitrogens with one attached hydrogen (secondary N) is 1. The molecule has 1 fully saturated rings. The lowest BCUT2D eigenvalue weighted by Crippen LogP contribution is -2.33. The number of urea groups is 1. The predicted molar refractivity (Wildman–Crippen MR) is 73.8 cm³/mol. The summed E-state index contributed by atoms with van der Waals surface area (Å²) >= 11 is 3.45. The van der Waals surface area contributed by atoms with E-state index in [0.717, 1.165) is 15.8 Å². The van der Waals surface area contributed by atoms with Gasteiger partial charge in [0.05, 0.1) is 13.2 Å². The van der Waals surface area contributed by atoms with Crippen LogP contribution in [0.3, 0.4) is 0 Å². The van der Waals surface area contributed by atoms with Crippen LogP contribution in [0.1, 0.15) is 25.5 Å². The van der Waals surface area contributed by atoms with Crippen LogP contribution in [0.25, 0.3) is 0 Å². The zero-order chi connectivity index (χ0) is 13.3. The Morgan fingerprint density at radius 3 is 2.78 bits per heavy atom. The van der Waals surface area contributed by atoms with E-state index in [1.54, 1.807) is 7.11 Å². The lowest BCUT2D eigenvalue weighted by atomic mass is 10.1. The molecule has 0 aromatic heterocycles. The molecule has 0 spiro atoms. The highest BCUT2D eigenvalue weighted by molar-refractivity contribution is 9.10. The summed E-state index contributed by atoms with van der Waals surface area (Å²) in [5.74, 6) is 0.800. The van der Waals surface area contributed by atoms with Gasteiger partial charge in [-0.25, -0.2) is 4.79 Å². The second-order valence-electron chi connectivity index (χ2n) is 4.63. The molecule has 1 aromatic carbocycles. The van der Waals surface area contributed by atoms with E-state index < -0.39 is 0 Å². The average Bonchev–Trinajstić information content (AvgIpc) is 2.71. The second kappa shape index (κ2) is 5.18. The molecule has 1 saturated heterocycles. The van der Waals surface area contributed by atoms with Gasteiger partial charge in [-0.15, -0.1) is 0 Å². The van der Waals surface area contributed by atoms with Crippen molar-refractivity contribution in [3.8, 4) is 5.75 Å². The van der Waals surface area contributed by atoms with E-state index in [1.807, 2.05) is 36.9 Å². The lowest BCUT2D eigenvalue weighted by Gasteiger charge is -2.19. The summed E-state index contributed by atoms with van der Waals surface area (Å²) in [4.78, 5) is 13.7. The fourth-order valence-electron chi connectivity index (χ4n) is 2.16. The second-order valence-corrected chi connectivity index (χ2v) is 5.55. The Kier molecular flexibility index (Phi) is 3.80. The highest BCUT2D eigenvalue weighted by atomic mass is 79.9. The SMILES string of the molecule is COc1ccc(Br)cc1C1CN(C(C)C)C(=O)N1. The molecular formula is C13H17BrN2O2. The molecule has 98 valence electrons. The van der Waals surface area contributed by atoms with Gasteiger partial charge in [0, 0.05) is 22.6 Å². The summed E-state index contributed by atoms with van der Waals surface area (Å²) in [5.41, 5.74) is 1.00. The third-order valence-electron chi connectivity index (χ3n) is 3.13. The lowest BCUT2D eigenvalue weighted by molar-refractivity contribution is 0.206. The van der Waals surface area contributed by atoms with Crippen LogP contribution in [0.4, 0.5) is 4.79 Å². The maximum atomic E-state index is 11.8. The molecule has 0 saturated carbocycles. The number of hydrogen-bond donors (Lipinski definition) is 1. The zero-order valence-corrected chi connectivity index (χ0v) is 12.3. The standard InChI is InChI=1S/C13H17BrN2O2/c1-8(2)16-7-11(15-13(16)17)10-6-9(14)4-5-12(10)18-3/h4-6,8,11H,7H2,1-3H3,(H,15,17). The Morgan fingerprint density at radius 2 is 2.22 bits per heavy atom. The molecule has 18 heavy (non-hydrogen) atoms. The summed E-state index contributed by atoms with van der Waals surface area (Å²) < 4.78 is 6.34. The molecular weight excluding hydrogens is 296 g/mol. The van der Waals surface area contributed by atoms with Gasteiger partial charge in [-0.05, 0) is 32.0 Å². The predicted octanol–water partition coefficient (Wildman–Crippen LogP) is 2.93. The van der Waals surface area contributed by atoms with E-state index in [4.69, 9.17) is 4.74 Å². The molecule has 1 aliphatic rings. The fourth-order valence-corrected chi connectivity index (χ4v) is 2.53. The number of ether oxygens (including phenoxy) is 1. The number of methoxy groups -OCH3 is 1. The summed E-state index contributed by atoms with van der Waals surface area (Å²) in [7, 11) is 1.64. The number of benzene rings is 1. The first kappa shape index (κ1) is 13.2. The highest BCUT2D eigenvalue weighted by Gasteiger charge is 2.32. The van der Waals surface area contributed by atoms with Gasteiger partial charge < -0.3 is 15.0 Å². The van der Waals surface area contributed by atoms with Crippen molar-refractivity contribution in [1.29, 1.82) is 0 Å². The minimum absolute atomic E-state index is 0.0166. The van der Waals surface area contributed by atoms with Crippen LogP contribution in [0.15, 0.2) is 22.7 Å². The van der Waals surface area contributed by atoms with E-state index in [2.05, 4.69) is 21.2 Å². The first-order valence-electron chi connectivity index (χ1n) is 5.93. The van der Waals surface area contributed by atoms with Crippen LogP contribution in [0.5, 0.6) is 5.75 Å². The number of carbonyl (C=O) groups excluding carboxylic acids is 1. The van der Waals surface area contributed by atoms with Gasteiger partial charge >= 0.3 is 6.03 Å². The van der Waals surface area contributed by atoms with Crippen LogP contribution < -0.4 is 10.1 Å².